The van der Waals surface area contributed by atoms with E-state index in [9.17, 15) is 19.5 Å². The van der Waals surface area contributed by atoms with Crippen LogP contribution >= 0.6 is 0 Å². The van der Waals surface area contributed by atoms with Crippen LogP contribution in [0.15, 0.2) is 66.9 Å². The highest BCUT2D eigenvalue weighted by Crippen LogP contribution is 2.44. The predicted molar refractivity (Wildman–Crippen MR) is 131 cm³/mol. The van der Waals surface area contributed by atoms with Crippen molar-refractivity contribution >= 4 is 23.7 Å². The summed E-state index contributed by atoms with van der Waals surface area (Å²) in [5.41, 5.74) is 4.95. The number of amides is 2. The van der Waals surface area contributed by atoms with Gasteiger partial charge in [-0.15, -0.1) is 0 Å². The van der Waals surface area contributed by atoms with E-state index in [0.717, 1.165) is 22.3 Å². The van der Waals surface area contributed by atoms with Crippen LogP contribution in [0.1, 0.15) is 47.8 Å². The monoisotopic (exact) mass is 473 g/mol. The van der Waals surface area contributed by atoms with E-state index < -0.39 is 24.0 Å². The van der Waals surface area contributed by atoms with Crippen molar-refractivity contribution in [1.82, 2.24) is 10.3 Å². The molecule has 1 aliphatic rings. The van der Waals surface area contributed by atoms with Crippen molar-refractivity contribution in [3.05, 3.63) is 83.7 Å². The minimum Gasteiger partial charge on any atom is -0.480 e. The second-order valence-corrected chi connectivity index (χ2v) is 8.88. The van der Waals surface area contributed by atoms with Crippen LogP contribution in [0.5, 0.6) is 0 Å². The largest absolute Gasteiger partial charge is 0.480 e. The van der Waals surface area contributed by atoms with Crippen molar-refractivity contribution in [3.8, 4) is 11.1 Å². The number of carboxylic acid groups (broad SMARTS) is 1. The SMILES string of the molecule is CC(C)C[C@@H](NC(=O)c1ccc(NC(=O)OCC2c3ccccc3-c3ccccc32)cn1)C(=O)O. The van der Waals surface area contributed by atoms with Crippen LogP contribution in [0, 0.1) is 5.92 Å². The van der Waals surface area contributed by atoms with Crippen LogP contribution < -0.4 is 10.6 Å². The highest BCUT2D eigenvalue weighted by Gasteiger charge is 2.29. The average molecular weight is 474 g/mol. The molecule has 180 valence electrons. The molecule has 0 fully saturated rings. The zero-order chi connectivity index (χ0) is 24.9. The van der Waals surface area contributed by atoms with E-state index in [1.807, 2.05) is 50.2 Å². The molecule has 0 saturated carbocycles. The Kier molecular flexibility index (Phi) is 7.10. The summed E-state index contributed by atoms with van der Waals surface area (Å²) in [7, 11) is 0. The topological polar surface area (TPSA) is 118 Å². The third-order valence-electron chi connectivity index (χ3n) is 5.90. The Morgan fingerprint density at radius 1 is 0.971 bits per heavy atom. The van der Waals surface area contributed by atoms with E-state index in [-0.39, 0.29) is 24.1 Å². The number of nitrogens with zero attached hydrogens (tertiary/aromatic N) is 1. The van der Waals surface area contributed by atoms with E-state index in [0.29, 0.717) is 12.1 Å². The molecule has 0 unspecified atom stereocenters. The zero-order valence-electron chi connectivity index (χ0n) is 19.5. The summed E-state index contributed by atoms with van der Waals surface area (Å²) in [6.07, 6.45) is 1.01. The molecule has 2 amide bonds. The van der Waals surface area contributed by atoms with Crippen molar-refractivity contribution in [1.29, 1.82) is 0 Å². The lowest BCUT2D eigenvalue weighted by Crippen LogP contribution is -2.41. The Balaban J connectivity index is 1.35. The van der Waals surface area contributed by atoms with Gasteiger partial charge in [-0.3, -0.25) is 10.1 Å². The minimum atomic E-state index is -1.10. The summed E-state index contributed by atoms with van der Waals surface area (Å²) in [4.78, 5) is 40.2. The molecule has 1 aliphatic carbocycles. The van der Waals surface area contributed by atoms with E-state index in [1.165, 1.54) is 18.3 Å². The summed E-state index contributed by atoms with van der Waals surface area (Å²) in [6.45, 7) is 3.94. The number of benzene rings is 2. The van der Waals surface area contributed by atoms with Crippen LogP contribution in [0.25, 0.3) is 11.1 Å². The third kappa shape index (κ3) is 5.48. The standard InChI is InChI=1S/C27H27N3O5/c1-16(2)13-24(26(32)33)30-25(31)23-12-11-17(14-28-23)29-27(34)35-15-22-20-9-5-3-7-18(20)19-8-4-6-10-21(19)22/h3-12,14,16,22,24H,13,15H2,1-2H3,(H,29,34)(H,30,31)(H,32,33)/t24-/m1/s1. The maximum absolute atomic E-state index is 12.4. The van der Waals surface area contributed by atoms with Crippen LogP contribution in [-0.2, 0) is 9.53 Å². The first kappa shape index (κ1) is 23.9. The molecule has 2 aromatic carbocycles. The van der Waals surface area contributed by atoms with Gasteiger partial charge in [-0.25, -0.2) is 14.6 Å². The van der Waals surface area contributed by atoms with E-state index in [4.69, 9.17) is 4.74 Å². The molecule has 1 aromatic heterocycles. The number of hydrogen-bond acceptors (Lipinski definition) is 5. The lowest BCUT2D eigenvalue weighted by molar-refractivity contribution is -0.139. The summed E-state index contributed by atoms with van der Waals surface area (Å²) in [5.74, 6) is -1.63. The minimum absolute atomic E-state index is 0.0506. The lowest BCUT2D eigenvalue weighted by Gasteiger charge is -2.16. The fraction of sp³-hybridized carbons (Fsp3) is 0.259. The molecule has 1 atom stereocenters. The molecular formula is C27H27N3O5. The number of nitrogens with one attached hydrogen (secondary N) is 2. The summed E-state index contributed by atoms with van der Waals surface area (Å²) >= 11 is 0. The number of aromatic nitrogens is 1. The number of hydrogen-bond donors (Lipinski definition) is 3. The number of aliphatic carboxylic acids is 1. The van der Waals surface area contributed by atoms with E-state index in [1.54, 1.807) is 0 Å². The first-order chi connectivity index (χ1) is 16.8. The molecule has 0 aliphatic heterocycles. The van der Waals surface area contributed by atoms with Crippen LogP contribution in [-0.4, -0.2) is 40.7 Å². The smallest absolute Gasteiger partial charge is 0.411 e. The molecule has 0 bridgehead atoms. The number of anilines is 1. The molecule has 35 heavy (non-hydrogen) atoms. The van der Waals surface area contributed by atoms with Crippen molar-refractivity contribution in [3.63, 3.8) is 0 Å². The van der Waals surface area contributed by atoms with Crippen LogP contribution in [0.4, 0.5) is 10.5 Å². The molecule has 0 radical (unpaired) electrons. The number of carbonyl (C=O) groups is 3. The van der Waals surface area contributed by atoms with Crippen molar-refractivity contribution in [2.45, 2.75) is 32.2 Å². The first-order valence-corrected chi connectivity index (χ1v) is 11.4. The van der Waals surface area contributed by atoms with E-state index in [2.05, 4.69) is 27.8 Å². The molecule has 0 spiro atoms. The molecular weight excluding hydrogens is 446 g/mol. The van der Waals surface area contributed by atoms with Crippen LogP contribution in [0.3, 0.4) is 0 Å². The van der Waals surface area contributed by atoms with Gasteiger partial charge in [0.15, 0.2) is 0 Å². The molecule has 3 N–H and O–H groups in total. The Morgan fingerprint density at radius 3 is 2.14 bits per heavy atom. The Labute approximate surface area is 203 Å². The fourth-order valence-electron chi connectivity index (χ4n) is 4.28. The Bertz CT molecular complexity index is 1190. The maximum atomic E-state index is 12.4. The molecule has 8 heteroatoms. The summed E-state index contributed by atoms with van der Waals surface area (Å²) < 4.78 is 5.51. The van der Waals surface area contributed by atoms with Crippen LogP contribution in [0.2, 0.25) is 0 Å². The van der Waals surface area contributed by atoms with E-state index >= 15 is 0 Å². The zero-order valence-corrected chi connectivity index (χ0v) is 19.5. The third-order valence-corrected chi connectivity index (χ3v) is 5.90. The Morgan fingerprint density at radius 2 is 1.60 bits per heavy atom. The maximum Gasteiger partial charge on any atom is 0.411 e. The molecule has 1 heterocycles. The number of carboxylic acids is 1. The van der Waals surface area contributed by atoms with Gasteiger partial charge in [0.1, 0.15) is 18.3 Å². The van der Waals surface area contributed by atoms with Gasteiger partial charge in [0.25, 0.3) is 5.91 Å². The second-order valence-electron chi connectivity index (χ2n) is 8.88. The molecule has 8 nitrogen and oxygen atoms in total. The van der Waals surface area contributed by atoms with Crippen molar-refractivity contribution in [2.24, 2.45) is 5.92 Å². The van der Waals surface area contributed by atoms with Crippen molar-refractivity contribution < 1.29 is 24.2 Å². The van der Waals surface area contributed by atoms with Gasteiger partial charge in [0.05, 0.1) is 11.9 Å². The van der Waals surface area contributed by atoms with Gasteiger partial charge < -0.3 is 15.2 Å². The number of fused-ring (bicyclic) bond motifs is 3. The quantitative estimate of drug-likeness (QED) is 0.438. The van der Waals surface area contributed by atoms with Gasteiger partial charge in [-0.1, -0.05) is 62.4 Å². The van der Waals surface area contributed by atoms with Gasteiger partial charge in [0, 0.05) is 5.92 Å². The Hall–Kier alpha value is -4.20. The van der Waals surface area contributed by atoms with Gasteiger partial charge in [0.2, 0.25) is 0 Å². The number of carbonyl (C=O) groups excluding carboxylic acids is 2. The fourth-order valence-corrected chi connectivity index (χ4v) is 4.28. The van der Waals surface area contributed by atoms with Crippen molar-refractivity contribution in [2.75, 3.05) is 11.9 Å². The summed E-state index contributed by atoms with van der Waals surface area (Å²) in [6, 6.07) is 18.1. The molecule has 0 saturated heterocycles. The first-order valence-electron chi connectivity index (χ1n) is 11.4. The van der Waals surface area contributed by atoms with Gasteiger partial charge in [-0.2, -0.15) is 0 Å². The lowest BCUT2D eigenvalue weighted by atomic mass is 9.98. The van der Waals surface area contributed by atoms with Gasteiger partial charge >= 0.3 is 12.1 Å². The number of rotatable bonds is 8. The normalized spacial score (nSPS) is 13.0. The molecule has 3 aromatic rings. The predicted octanol–water partition coefficient (Wildman–Crippen LogP) is 4.67. The highest BCUT2D eigenvalue weighted by molar-refractivity contribution is 5.95. The number of pyridine rings is 1. The number of ether oxygens (including phenoxy) is 1. The summed E-state index contributed by atoms with van der Waals surface area (Å²) in [5, 5.41) is 14.4. The highest BCUT2D eigenvalue weighted by atomic mass is 16.5. The average Bonchev–Trinajstić information content (AvgIpc) is 3.16. The second kappa shape index (κ2) is 10.4. The van der Waals surface area contributed by atoms with Gasteiger partial charge in [-0.05, 0) is 46.7 Å². The molecule has 4 rings (SSSR count).